The van der Waals surface area contributed by atoms with Crippen molar-refractivity contribution in [1.29, 1.82) is 0 Å². The highest BCUT2D eigenvalue weighted by Crippen LogP contribution is 2.41. The smallest absolute Gasteiger partial charge is 0.245 e. The van der Waals surface area contributed by atoms with E-state index < -0.39 is 0 Å². The average molecular weight is 381 g/mol. The number of rotatable bonds is 4. The van der Waals surface area contributed by atoms with Gasteiger partial charge in [0.15, 0.2) is 0 Å². The SMILES string of the molecule is C[C@@H](C(=O)N1CCC2(CCC(=O)N(Cc3ccncc3)C2)CC1)n1ccnc1. The van der Waals surface area contributed by atoms with Gasteiger partial charge >= 0.3 is 0 Å². The van der Waals surface area contributed by atoms with Crippen molar-refractivity contribution in [2.24, 2.45) is 5.41 Å². The molecule has 0 N–H and O–H groups in total. The van der Waals surface area contributed by atoms with Crippen molar-refractivity contribution in [3.8, 4) is 0 Å². The van der Waals surface area contributed by atoms with E-state index in [-0.39, 0.29) is 23.3 Å². The van der Waals surface area contributed by atoms with Crippen LogP contribution in [0, 0.1) is 5.41 Å². The molecule has 0 radical (unpaired) electrons. The molecule has 1 atom stereocenters. The third kappa shape index (κ3) is 3.79. The maximum atomic E-state index is 12.8. The number of nitrogens with zero attached hydrogens (tertiary/aromatic N) is 5. The second kappa shape index (κ2) is 7.73. The molecule has 0 unspecified atom stereocenters. The summed E-state index contributed by atoms with van der Waals surface area (Å²) in [5.41, 5.74) is 1.25. The van der Waals surface area contributed by atoms with Crippen LogP contribution in [0.15, 0.2) is 43.2 Å². The molecule has 4 rings (SSSR count). The lowest BCUT2D eigenvalue weighted by Crippen LogP contribution is -2.52. The summed E-state index contributed by atoms with van der Waals surface area (Å²) < 4.78 is 1.85. The van der Waals surface area contributed by atoms with Crippen LogP contribution in [0.1, 0.15) is 44.2 Å². The second-order valence-corrected chi connectivity index (χ2v) is 8.12. The van der Waals surface area contributed by atoms with Crippen LogP contribution in [0.25, 0.3) is 0 Å². The van der Waals surface area contributed by atoms with Crippen LogP contribution in [0.3, 0.4) is 0 Å². The van der Waals surface area contributed by atoms with E-state index >= 15 is 0 Å². The van der Waals surface area contributed by atoms with Crippen LogP contribution in [0.4, 0.5) is 0 Å². The Labute approximate surface area is 165 Å². The molecular weight excluding hydrogens is 354 g/mol. The van der Waals surface area contributed by atoms with Crippen molar-refractivity contribution >= 4 is 11.8 Å². The highest BCUT2D eigenvalue weighted by atomic mass is 16.2. The van der Waals surface area contributed by atoms with E-state index in [2.05, 4.69) is 9.97 Å². The Balaban J connectivity index is 1.37. The van der Waals surface area contributed by atoms with Crippen LogP contribution in [0.2, 0.25) is 0 Å². The Bertz CT molecular complexity index is 813. The molecule has 0 aliphatic carbocycles. The molecule has 7 heteroatoms. The van der Waals surface area contributed by atoms with Crippen LogP contribution in [-0.4, -0.2) is 55.8 Å². The zero-order valence-electron chi connectivity index (χ0n) is 16.3. The zero-order valence-corrected chi connectivity index (χ0v) is 16.3. The molecule has 7 nitrogen and oxygen atoms in total. The maximum absolute atomic E-state index is 12.8. The fraction of sp³-hybridized carbons (Fsp3) is 0.524. The molecule has 2 aromatic heterocycles. The van der Waals surface area contributed by atoms with Gasteiger partial charge in [0, 0.05) is 57.4 Å². The van der Waals surface area contributed by atoms with Gasteiger partial charge in [-0.1, -0.05) is 0 Å². The Morgan fingerprint density at radius 3 is 2.57 bits per heavy atom. The monoisotopic (exact) mass is 381 g/mol. The molecule has 2 fully saturated rings. The molecule has 2 saturated heterocycles. The quantitative estimate of drug-likeness (QED) is 0.815. The van der Waals surface area contributed by atoms with Gasteiger partial charge in [0.1, 0.15) is 6.04 Å². The van der Waals surface area contributed by atoms with Gasteiger partial charge in [-0.05, 0) is 49.3 Å². The van der Waals surface area contributed by atoms with Gasteiger partial charge in [-0.2, -0.15) is 0 Å². The van der Waals surface area contributed by atoms with Gasteiger partial charge in [-0.25, -0.2) is 4.98 Å². The molecule has 0 aromatic carbocycles. The third-order valence-electron chi connectivity index (χ3n) is 6.34. The molecule has 2 aromatic rings. The maximum Gasteiger partial charge on any atom is 0.245 e. The molecule has 2 aliphatic rings. The Kier molecular flexibility index (Phi) is 5.15. The Morgan fingerprint density at radius 1 is 1.14 bits per heavy atom. The third-order valence-corrected chi connectivity index (χ3v) is 6.34. The predicted octanol–water partition coefficient (Wildman–Crippen LogP) is 2.27. The molecule has 2 amide bonds. The van der Waals surface area contributed by atoms with Crippen LogP contribution in [-0.2, 0) is 16.1 Å². The predicted molar refractivity (Wildman–Crippen MR) is 104 cm³/mol. The summed E-state index contributed by atoms with van der Waals surface area (Å²) in [4.78, 5) is 37.3. The van der Waals surface area contributed by atoms with Gasteiger partial charge in [0.25, 0.3) is 0 Å². The first kappa shape index (κ1) is 18.7. The minimum absolute atomic E-state index is 0.135. The number of hydrogen-bond acceptors (Lipinski definition) is 4. The van der Waals surface area contributed by atoms with Gasteiger partial charge < -0.3 is 14.4 Å². The van der Waals surface area contributed by atoms with E-state index in [1.807, 2.05) is 39.6 Å². The number of carbonyl (C=O) groups is 2. The molecule has 0 bridgehead atoms. The van der Waals surface area contributed by atoms with E-state index in [0.717, 1.165) is 44.5 Å². The van der Waals surface area contributed by atoms with Crippen molar-refractivity contribution in [3.63, 3.8) is 0 Å². The lowest BCUT2D eigenvalue weighted by Gasteiger charge is -2.47. The molecule has 0 saturated carbocycles. The summed E-state index contributed by atoms with van der Waals surface area (Å²) in [6.07, 6.45) is 12.2. The van der Waals surface area contributed by atoms with Crippen LogP contribution < -0.4 is 0 Å². The highest BCUT2D eigenvalue weighted by molar-refractivity contribution is 5.80. The van der Waals surface area contributed by atoms with E-state index in [4.69, 9.17) is 0 Å². The largest absolute Gasteiger partial charge is 0.341 e. The number of pyridine rings is 1. The van der Waals surface area contributed by atoms with Gasteiger partial charge in [-0.3, -0.25) is 14.6 Å². The average Bonchev–Trinajstić information content (AvgIpc) is 3.26. The number of aromatic nitrogens is 3. The number of likely N-dealkylation sites (tertiary alicyclic amines) is 2. The lowest BCUT2D eigenvalue weighted by atomic mass is 9.72. The number of carbonyl (C=O) groups excluding carboxylic acids is 2. The molecule has 2 aliphatic heterocycles. The fourth-order valence-electron chi connectivity index (χ4n) is 4.45. The van der Waals surface area contributed by atoms with Crippen molar-refractivity contribution in [2.45, 2.75) is 45.2 Å². The number of hydrogen-bond donors (Lipinski definition) is 0. The summed E-state index contributed by atoms with van der Waals surface area (Å²) in [5, 5.41) is 0. The summed E-state index contributed by atoms with van der Waals surface area (Å²) >= 11 is 0. The minimum Gasteiger partial charge on any atom is -0.341 e. The standard InChI is InChI=1S/C21H27N5O2/c1-17(25-13-10-23-16-25)20(28)24-11-6-21(7-12-24)5-2-19(27)26(15-21)14-18-3-8-22-9-4-18/h3-4,8-10,13,16-17H,2,5-7,11-12,14-15H2,1H3/t17-/m0/s1. The van der Waals surface area contributed by atoms with Gasteiger partial charge in [0.2, 0.25) is 11.8 Å². The van der Waals surface area contributed by atoms with E-state index in [0.29, 0.717) is 13.0 Å². The number of imidazole rings is 1. The first-order chi connectivity index (χ1) is 13.6. The topological polar surface area (TPSA) is 71.3 Å². The molecule has 148 valence electrons. The van der Waals surface area contributed by atoms with E-state index in [1.165, 1.54) is 0 Å². The van der Waals surface area contributed by atoms with E-state index in [9.17, 15) is 9.59 Å². The summed E-state index contributed by atoms with van der Waals surface area (Å²) in [6.45, 7) is 4.87. The second-order valence-electron chi connectivity index (χ2n) is 8.12. The molecule has 28 heavy (non-hydrogen) atoms. The van der Waals surface area contributed by atoms with Gasteiger partial charge in [-0.15, -0.1) is 0 Å². The summed E-state index contributed by atoms with van der Waals surface area (Å²) in [6, 6.07) is 3.70. The first-order valence-electron chi connectivity index (χ1n) is 9.99. The van der Waals surface area contributed by atoms with Crippen LogP contribution in [0.5, 0.6) is 0 Å². The normalized spacial score (nSPS) is 20.4. The fourth-order valence-corrected chi connectivity index (χ4v) is 4.45. The molecular formula is C21H27N5O2. The van der Waals surface area contributed by atoms with E-state index in [1.54, 1.807) is 24.9 Å². The summed E-state index contributed by atoms with van der Waals surface area (Å²) in [7, 11) is 0. The van der Waals surface area contributed by atoms with Crippen molar-refractivity contribution in [1.82, 2.24) is 24.3 Å². The summed E-state index contributed by atoms with van der Waals surface area (Å²) in [5.74, 6) is 0.378. The minimum atomic E-state index is -0.229. The zero-order chi connectivity index (χ0) is 19.6. The van der Waals surface area contributed by atoms with Crippen molar-refractivity contribution in [2.75, 3.05) is 19.6 Å². The Morgan fingerprint density at radius 2 is 1.89 bits per heavy atom. The first-order valence-corrected chi connectivity index (χ1v) is 9.99. The van der Waals surface area contributed by atoms with Crippen molar-refractivity contribution < 1.29 is 9.59 Å². The van der Waals surface area contributed by atoms with Gasteiger partial charge in [0.05, 0.1) is 6.33 Å². The lowest BCUT2D eigenvalue weighted by molar-refractivity contribution is -0.144. The molecule has 1 spiro atoms. The molecule has 4 heterocycles. The highest BCUT2D eigenvalue weighted by Gasteiger charge is 2.42. The number of amides is 2. The number of piperidine rings is 2. The Hall–Kier alpha value is -2.70. The van der Waals surface area contributed by atoms with Crippen molar-refractivity contribution in [3.05, 3.63) is 48.8 Å². The van der Waals surface area contributed by atoms with Crippen LogP contribution >= 0.6 is 0 Å².